The van der Waals surface area contributed by atoms with Gasteiger partial charge in [-0.05, 0) is 30.9 Å². The normalized spacial score (nSPS) is 23.2. The van der Waals surface area contributed by atoms with E-state index in [2.05, 4.69) is 5.32 Å². The van der Waals surface area contributed by atoms with Crippen molar-refractivity contribution in [2.45, 2.75) is 31.5 Å². The first-order valence-electron chi connectivity index (χ1n) is 7.21. The fraction of sp³-hybridized carbons (Fsp3) is 0.600. The van der Waals surface area contributed by atoms with Crippen LogP contribution >= 0.6 is 23.2 Å². The highest BCUT2D eigenvalue weighted by Gasteiger charge is 2.24. The van der Waals surface area contributed by atoms with E-state index in [1.54, 1.807) is 18.2 Å². The largest absolute Gasteiger partial charge is 0.489 e. The molecule has 1 aliphatic rings. The fourth-order valence-electron chi connectivity index (χ4n) is 2.52. The second kappa shape index (κ2) is 8.20. The van der Waals surface area contributed by atoms with Crippen LogP contribution in [0.25, 0.3) is 0 Å². The summed E-state index contributed by atoms with van der Waals surface area (Å²) in [5, 5.41) is 23.8. The van der Waals surface area contributed by atoms with Crippen molar-refractivity contribution in [1.82, 2.24) is 5.32 Å². The molecule has 0 aromatic heterocycles. The molecule has 1 fully saturated rings. The van der Waals surface area contributed by atoms with Crippen molar-refractivity contribution in [3.63, 3.8) is 0 Å². The summed E-state index contributed by atoms with van der Waals surface area (Å²) in [5.74, 6) is 0.759. The van der Waals surface area contributed by atoms with Crippen LogP contribution in [-0.4, -0.2) is 42.1 Å². The van der Waals surface area contributed by atoms with Gasteiger partial charge in [0.2, 0.25) is 0 Å². The molecule has 0 amide bonds. The molecule has 3 atom stereocenters. The lowest BCUT2D eigenvalue weighted by Crippen LogP contribution is -2.36. The molecule has 0 aliphatic heterocycles. The molecule has 0 saturated heterocycles. The van der Waals surface area contributed by atoms with Gasteiger partial charge in [0.15, 0.2) is 0 Å². The van der Waals surface area contributed by atoms with Crippen LogP contribution in [0.5, 0.6) is 5.75 Å². The summed E-state index contributed by atoms with van der Waals surface area (Å²) >= 11 is 11.8. The molecule has 4 nitrogen and oxygen atoms in total. The number of aliphatic hydroxyl groups excluding tert-OH is 2. The van der Waals surface area contributed by atoms with E-state index in [0.717, 1.165) is 25.8 Å². The monoisotopic (exact) mass is 333 g/mol. The van der Waals surface area contributed by atoms with Crippen molar-refractivity contribution in [3.05, 3.63) is 28.2 Å². The molecule has 3 N–H and O–H groups in total. The Morgan fingerprint density at radius 1 is 1.33 bits per heavy atom. The predicted octanol–water partition coefficient (Wildman–Crippen LogP) is 2.48. The summed E-state index contributed by atoms with van der Waals surface area (Å²) in [6.07, 6.45) is 2.14. The van der Waals surface area contributed by atoms with Crippen LogP contribution in [0, 0.1) is 5.92 Å². The van der Waals surface area contributed by atoms with Gasteiger partial charge in [0.1, 0.15) is 18.5 Å². The molecule has 2 rings (SSSR count). The lowest BCUT2D eigenvalue weighted by molar-refractivity contribution is 0.0981. The van der Waals surface area contributed by atoms with Crippen LogP contribution < -0.4 is 10.1 Å². The van der Waals surface area contributed by atoms with E-state index < -0.39 is 6.10 Å². The maximum absolute atomic E-state index is 9.88. The summed E-state index contributed by atoms with van der Waals surface area (Å²) in [6, 6.07) is 4.96. The molecule has 1 saturated carbocycles. The van der Waals surface area contributed by atoms with Crippen LogP contribution in [0.3, 0.4) is 0 Å². The number of ether oxygens (including phenoxy) is 1. The van der Waals surface area contributed by atoms with Gasteiger partial charge in [-0.3, -0.25) is 0 Å². The van der Waals surface area contributed by atoms with E-state index in [4.69, 9.17) is 27.9 Å². The van der Waals surface area contributed by atoms with Crippen LogP contribution in [0.2, 0.25) is 10.0 Å². The van der Waals surface area contributed by atoms with E-state index in [1.165, 1.54) is 0 Å². The summed E-state index contributed by atoms with van der Waals surface area (Å²) in [5.41, 5.74) is 0. The molecular weight excluding hydrogens is 313 g/mol. The third-order valence-electron chi connectivity index (χ3n) is 3.73. The predicted molar refractivity (Wildman–Crippen MR) is 84.2 cm³/mol. The summed E-state index contributed by atoms with van der Waals surface area (Å²) < 4.78 is 5.47. The summed E-state index contributed by atoms with van der Waals surface area (Å²) in [6.45, 7) is 1.28. The van der Waals surface area contributed by atoms with Gasteiger partial charge in [-0.25, -0.2) is 0 Å². The Balaban J connectivity index is 1.67. The fourth-order valence-corrected chi connectivity index (χ4v) is 2.86. The van der Waals surface area contributed by atoms with Crippen molar-refractivity contribution in [3.8, 4) is 5.75 Å². The van der Waals surface area contributed by atoms with Gasteiger partial charge in [-0.15, -0.1) is 0 Å². The van der Waals surface area contributed by atoms with Crippen molar-refractivity contribution in [1.29, 1.82) is 0 Å². The minimum Gasteiger partial charge on any atom is -0.489 e. The van der Waals surface area contributed by atoms with E-state index in [0.29, 0.717) is 28.3 Å². The quantitative estimate of drug-likeness (QED) is 0.717. The highest BCUT2D eigenvalue weighted by Crippen LogP contribution is 2.27. The van der Waals surface area contributed by atoms with Crippen LogP contribution in [0.15, 0.2) is 18.2 Å². The second-order valence-electron chi connectivity index (χ2n) is 5.46. The third-order valence-corrected chi connectivity index (χ3v) is 4.28. The van der Waals surface area contributed by atoms with Gasteiger partial charge in [0, 0.05) is 24.2 Å². The number of hydrogen-bond acceptors (Lipinski definition) is 4. The zero-order valence-corrected chi connectivity index (χ0v) is 13.3. The van der Waals surface area contributed by atoms with E-state index in [-0.39, 0.29) is 12.7 Å². The third kappa shape index (κ3) is 5.31. The number of aliphatic hydroxyl groups is 2. The number of hydrogen-bond donors (Lipinski definition) is 3. The molecule has 1 aliphatic carbocycles. The Kier molecular flexibility index (Phi) is 6.58. The molecule has 1 aromatic rings. The Hall–Kier alpha value is -0.520. The summed E-state index contributed by atoms with van der Waals surface area (Å²) in [7, 11) is 0. The number of halogens is 2. The maximum atomic E-state index is 9.88. The highest BCUT2D eigenvalue weighted by atomic mass is 35.5. The topological polar surface area (TPSA) is 61.7 Å². The summed E-state index contributed by atoms with van der Waals surface area (Å²) in [4.78, 5) is 0. The van der Waals surface area contributed by atoms with Crippen LogP contribution in [0.4, 0.5) is 0 Å². The molecule has 0 spiro atoms. The van der Waals surface area contributed by atoms with E-state index in [1.807, 2.05) is 0 Å². The highest BCUT2D eigenvalue weighted by molar-refractivity contribution is 6.34. The van der Waals surface area contributed by atoms with Crippen molar-refractivity contribution in [2.24, 2.45) is 5.92 Å². The van der Waals surface area contributed by atoms with Gasteiger partial charge in [0.25, 0.3) is 0 Å². The first kappa shape index (κ1) is 16.8. The second-order valence-corrected chi connectivity index (χ2v) is 6.30. The van der Waals surface area contributed by atoms with Crippen LogP contribution in [0.1, 0.15) is 19.3 Å². The van der Waals surface area contributed by atoms with Crippen molar-refractivity contribution >= 4 is 23.2 Å². The zero-order chi connectivity index (χ0) is 15.2. The first-order valence-corrected chi connectivity index (χ1v) is 7.96. The van der Waals surface area contributed by atoms with Gasteiger partial charge >= 0.3 is 0 Å². The molecule has 118 valence electrons. The Morgan fingerprint density at radius 3 is 2.86 bits per heavy atom. The number of nitrogens with one attached hydrogen (secondary N) is 1. The Morgan fingerprint density at radius 2 is 2.14 bits per heavy atom. The van der Waals surface area contributed by atoms with Gasteiger partial charge in [-0.1, -0.05) is 29.6 Å². The molecule has 0 heterocycles. The van der Waals surface area contributed by atoms with Gasteiger partial charge < -0.3 is 20.3 Å². The van der Waals surface area contributed by atoms with Crippen LogP contribution in [-0.2, 0) is 0 Å². The zero-order valence-electron chi connectivity index (χ0n) is 11.8. The minimum absolute atomic E-state index is 0.139. The number of rotatable bonds is 7. The van der Waals surface area contributed by atoms with Gasteiger partial charge in [0.05, 0.1) is 11.1 Å². The average molecular weight is 334 g/mol. The minimum atomic E-state index is -0.640. The standard InChI is InChI=1S/C15H21Cl2NO3/c16-11-4-5-13(17)15(6-11)21-9-12(19)8-18-7-10-2-1-3-14(10)20/h4-6,10,12,14,18-20H,1-3,7-9H2. The molecule has 6 heteroatoms. The SMILES string of the molecule is OC(CNCC1CCCC1O)COc1cc(Cl)ccc1Cl. The number of benzene rings is 1. The van der Waals surface area contributed by atoms with Crippen molar-refractivity contribution < 1.29 is 14.9 Å². The molecule has 1 aromatic carbocycles. The molecule has 0 radical (unpaired) electrons. The maximum Gasteiger partial charge on any atom is 0.139 e. The molecular formula is C15H21Cl2NO3. The van der Waals surface area contributed by atoms with Gasteiger partial charge in [-0.2, -0.15) is 0 Å². The smallest absolute Gasteiger partial charge is 0.139 e. The van der Waals surface area contributed by atoms with Crippen molar-refractivity contribution in [2.75, 3.05) is 19.7 Å². The Bertz CT molecular complexity index is 459. The molecule has 3 unspecified atom stereocenters. The lowest BCUT2D eigenvalue weighted by Gasteiger charge is -2.18. The Labute approximate surface area is 135 Å². The lowest BCUT2D eigenvalue weighted by atomic mass is 10.1. The molecule has 21 heavy (non-hydrogen) atoms. The average Bonchev–Trinajstić information content (AvgIpc) is 2.85. The van der Waals surface area contributed by atoms with E-state index >= 15 is 0 Å². The first-order chi connectivity index (χ1) is 10.1. The van der Waals surface area contributed by atoms with E-state index in [9.17, 15) is 10.2 Å². The molecule has 0 bridgehead atoms.